The third-order valence-electron chi connectivity index (χ3n) is 2.94. The van der Waals surface area contributed by atoms with Crippen LogP contribution in [0.4, 0.5) is 5.82 Å². The Balaban J connectivity index is 2.02. The van der Waals surface area contributed by atoms with Crippen molar-refractivity contribution in [1.29, 1.82) is 0 Å². The average Bonchev–Trinajstić information content (AvgIpc) is 2.82. The predicted octanol–water partition coefficient (Wildman–Crippen LogP) is 2.51. The predicted molar refractivity (Wildman–Crippen MR) is 79.6 cm³/mol. The second-order valence-corrected chi connectivity index (χ2v) is 5.27. The van der Waals surface area contributed by atoms with Gasteiger partial charge in [-0.05, 0) is 19.1 Å². The van der Waals surface area contributed by atoms with Crippen LogP contribution in [0.3, 0.4) is 0 Å². The summed E-state index contributed by atoms with van der Waals surface area (Å²) < 4.78 is 5.58. The fourth-order valence-corrected chi connectivity index (χ4v) is 1.86. The first-order valence-corrected chi connectivity index (χ1v) is 6.85. The Morgan fingerprint density at radius 3 is 2.75 bits per heavy atom. The molecule has 0 radical (unpaired) electrons. The van der Waals surface area contributed by atoms with Crippen LogP contribution in [0.25, 0.3) is 0 Å². The highest BCUT2D eigenvalue weighted by molar-refractivity contribution is 5.35. The minimum Gasteiger partial charge on any atom is -0.464 e. The first kappa shape index (κ1) is 14.5. The van der Waals surface area contributed by atoms with Crippen LogP contribution in [-0.4, -0.2) is 23.1 Å². The fraction of sp³-hybridized carbons (Fsp3) is 0.467. The van der Waals surface area contributed by atoms with Crippen molar-refractivity contribution < 1.29 is 4.42 Å². The van der Waals surface area contributed by atoms with Gasteiger partial charge in [0.05, 0.1) is 18.4 Å². The molecule has 2 aromatic rings. The molecule has 0 unspecified atom stereocenters. The van der Waals surface area contributed by atoms with Crippen molar-refractivity contribution in [3.8, 4) is 0 Å². The number of nitrogens with one attached hydrogen (secondary N) is 1. The second-order valence-electron chi connectivity index (χ2n) is 5.27. The van der Waals surface area contributed by atoms with Gasteiger partial charge in [-0.1, -0.05) is 13.8 Å². The quantitative estimate of drug-likeness (QED) is 0.877. The molecule has 0 atom stereocenters. The number of aromatic nitrogens is 2. The molecule has 0 aliphatic heterocycles. The lowest BCUT2D eigenvalue weighted by molar-refractivity contribution is 0.481. The van der Waals surface area contributed by atoms with Crippen molar-refractivity contribution in [2.24, 2.45) is 0 Å². The average molecular weight is 274 g/mol. The maximum Gasteiger partial charge on any atom is 0.147 e. The SMILES string of the molecule is Cc1ccc(CN(C)c2cncc(CNC(C)C)n2)o1. The zero-order chi connectivity index (χ0) is 14.5. The third kappa shape index (κ3) is 4.06. The van der Waals surface area contributed by atoms with Crippen LogP contribution in [0.2, 0.25) is 0 Å². The second kappa shape index (κ2) is 6.52. The summed E-state index contributed by atoms with van der Waals surface area (Å²) in [7, 11) is 1.99. The molecule has 108 valence electrons. The lowest BCUT2D eigenvalue weighted by atomic mass is 10.3. The van der Waals surface area contributed by atoms with Crippen LogP contribution in [-0.2, 0) is 13.1 Å². The number of anilines is 1. The van der Waals surface area contributed by atoms with Gasteiger partial charge in [-0.2, -0.15) is 0 Å². The summed E-state index contributed by atoms with van der Waals surface area (Å²) in [6.07, 6.45) is 3.57. The Kier molecular flexibility index (Phi) is 4.74. The van der Waals surface area contributed by atoms with Crippen molar-refractivity contribution in [3.63, 3.8) is 0 Å². The van der Waals surface area contributed by atoms with E-state index >= 15 is 0 Å². The van der Waals surface area contributed by atoms with Crippen LogP contribution in [0.5, 0.6) is 0 Å². The number of nitrogens with zero attached hydrogens (tertiary/aromatic N) is 3. The summed E-state index contributed by atoms with van der Waals surface area (Å²) in [5.41, 5.74) is 0.943. The lowest BCUT2D eigenvalue weighted by Crippen LogP contribution is -2.23. The molecule has 0 fully saturated rings. The largest absolute Gasteiger partial charge is 0.464 e. The normalized spacial score (nSPS) is 11.1. The van der Waals surface area contributed by atoms with Crippen molar-refractivity contribution in [3.05, 3.63) is 41.7 Å². The summed E-state index contributed by atoms with van der Waals surface area (Å²) in [6, 6.07) is 4.39. The van der Waals surface area contributed by atoms with Gasteiger partial charge in [0, 0.05) is 25.8 Å². The van der Waals surface area contributed by atoms with E-state index in [2.05, 4.69) is 29.1 Å². The molecule has 0 bridgehead atoms. The Morgan fingerprint density at radius 1 is 1.30 bits per heavy atom. The van der Waals surface area contributed by atoms with Crippen LogP contribution in [0.15, 0.2) is 28.9 Å². The summed E-state index contributed by atoms with van der Waals surface area (Å²) in [4.78, 5) is 10.9. The number of rotatable bonds is 6. The molecular weight excluding hydrogens is 252 g/mol. The highest BCUT2D eigenvalue weighted by Gasteiger charge is 2.08. The minimum atomic E-state index is 0.435. The van der Waals surface area contributed by atoms with Crippen molar-refractivity contribution in [2.45, 2.75) is 39.9 Å². The standard InChI is InChI=1S/C15H22N4O/c1-11(2)17-8-13-7-16-9-15(18-13)19(4)10-14-6-5-12(3)20-14/h5-7,9,11,17H,8,10H2,1-4H3. The summed E-state index contributed by atoms with van der Waals surface area (Å²) >= 11 is 0. The van der Waals surface area contributed by atoms with Crippen molar-refractivity contribution in [1.82, 2.24) is 15.3 Å². The van der Waals surface area contributed by atoms with Gasteiger partial charge in [-0.15, -0.1) is 0 Å². The van der Waals surface area contributed by atoms with E-state index in [1.165, 1.54) is 0 Å². The van der Waals surface area contributed by atoms with Gasteiger partial charge in [0.25, 0.3) is 0 Å². The van der Waals surface area contributed by atoms with E-state index in [1.54, 1.807) is 12.4 Å². The molecule has 5 nitrogen and oxygen atoms in total. The summed E-state index contributed by atoms with van der Waals surface area (Å²) in [5, 5.41) is 3.34. The number of hydrogen-bond acceptors (Lipinski definition) is 5. The molecule has 0 aliphatic rings. The first-order valence-electron chi connectivity index (χ1n) is 6.85. The molecule has 20 heavy (non-hydrogen) atoms. The number of furan rings is 1. The molecular formula is C15H22N4O. The van der Waals surface area contributed by atoms with E-state index in [1.807, 2.05) is 31.0 Å². The maximum absolute atomic E-state index is 5.58. The maximum atomic E-state index is 5.58. The van der Waals surface area contributed by atoms with E-state index in [4.69, 9.17) is 4.42 Å². The highest BCUT2D eigenvalue weighted by atomic mass is 16.3. The molecule has 0 aromatic carbocycles. The molecule has 2 rings (SSSR count). The van der Waals surface area contributed by atoms with Crippen LogP contribution in [0.1, 0.15) is 31.1 Å². The fourth-order valence-electron chi connectivity index (χ4n) is 1.86. The third-order valence-corrected chi connectivity index (χ3v) is 2.94. The molecule has 0 amide bonds. The zero-order valence-corrected chi connectivity index (χ0v) is 12.6. The Morgan fingerprint density at radius 2 is 2.10 bits per heavy atom. The topological polar surface area (TPSA) is 54.2 Å². The molecule has 0 saturated carbocycles. The summed E-state index contributed by atoms with van der Waals surface area (Å²) in [6.45, 7) is 7.59. The molecule has 0 aliphatic carbocycles. The van der Waals surface area contributed by atoms with E-state index in [0.29, 0.717) is 12.6 Å². The van der Waals surface area contributed by atoms with E-state index in [-0.39, 0.29) is 0 Å². The smallest absolute Gasteiger partial charge is 0.147 e. The monoisotopic (exact) mass is 274 g/mol. The van der Waals surface area contributed by atoms with Gasteiger partial charge in [0.15, 0.2) is 0 Å². The van der Waals surface area contributed by atoms with Gasteiger partial charge in [0.1, 0.15) is 17.3 Å². The van der Waals surface area contributed by atoms with Gasteiger partial charge in [0.2, 0.25) is 0 Å². The van der Waals surface area contributed by atoms with Crippen LogP contribution < -0.4 is 10.2 Å². The molecule has 0 saturated heterocycles. The zero-order valence-electron chi connectivity index (χ0n) is 12.6. The molecule has 0 spiro atoms. The minimum absolute atomic E-state index is 0.435. The molecule has 1 N–H and O–H groups in total. The number of aryl methyl sites for hydroxylation is 1. The highest BCUT2D eigenvalue weighted by Crippen LogP contribution is 2.14. The van der Waals surface area contributed by atoms with E-state index < -0.39 is 0 Å². The molecule has 2 heterocycles. The first-order chi connectivity index (χ1) is 9.54. The Bertz CT molecular complexity index is 550. The van der Waals surface area contributed by atoms with Gasteiger partial charge < -0.3 is 14.6 Å². The molecule has 2 aromatic heterocycles. The van der Waals surface area contributed by atoms with Crippen LogP contribution >= 0.6 is 0 Å². The van der Waals surface area contributed by atoms with Gasteiger partial charge in [-0.25, -0.2) is 4.98 Å². The van der Waals surface area contributed by atoms with E-state index in [9.17, 15) is 0 Å². The van der Waals surface area contributed by atoms with E-state index in [0.717, 1.165) is 29.6 Å². The van der Waals surface area contributed by atoms with Crippen molar-refractivity contribution >= 4 is 5.82 Å². The van der Waals surface area contributed by atoms with Crippen molar-refractivity contribution in [2.75, 3.05) is 11.9 Å². The Labute approximate surface area is 120 Å². The van der Waals surface area contributed by atoms with Gasteiger partial charge in [-0.3, -0.25) is 4.98 Å². The summed E-state index contributed by atoms with van der Waals surface area (Å²) in [5.74, 6) is 2.70. The van der Waals surface area contributed by atoms with Crippen LogP contribution in [0, 0.1) is 6.92 Å². The van der Waals surface area contributed by atoms with Gasteiger partial charge >= 0.3 is 0 Å². The molecule has 5 heteroatoms. The number of hydrogen-bond donors (Lipinski definition) is 1. The lowest BCUT2D eigenvalue weighted by Gasteiger charge is -2.17. The Hall–Kier alpha value is -1.88.